The highest BCUT2D eigenvalue weighted by atomic mass is 32.2. The maximum Gasteiger partial charge on any atom is 0.239 e. The molecule has 2 amide bonds. The third-order valence-corrected chi connectivity index (χ3v) is 5.74. The first-order valence-corrected chi connectivity index (χ1v) is 9.49. The summed E-state index contributed by atoms with van der Waals surface area (Å²) in [5.41, 5.74) is 0. The highest BCUT2D eigenvalue weighted by Gasteiger charge is 2.36. The number of piperazine rings is 2. The Morgan fingerprint density at radius 3 is 2.82 bits per heavy atom. The molecular weight excluding hydrogens is 300 g/mol. The summed E-state index contributed by atoms with van der Waals surface area (Å²) >= 11 is 1.72. The lowest BCUT2D eigenvalue weighted by atomic mass is 10.1. The molecule has 1 N–H and O–H groups in total. The van der Waals surface area contributed by atoms with Crippen molar-refractivity contribution in [3.05, 3.63) is 0 Å². The fraction of sp³-hybridized carbons (Fsp3) is 0.867. The molecule has 0 spiro atoms. The molecule has 124 valence electrons. The van der Waals surface area contributed by atoms with Crippen molar-refractivity contribution in [3.63, 3.8) is 0 Å². The van der Waals surface area contributed by atoms with Crippen molar-refractivity contribution in [2.75, 3.05) is 63.9 Å². The van der Waals surface area contributed by atoms with Gasteiger partial charge >= 0.3 is 0 Å². The van der Waals surface area contributed by atoms with Crippen LogP contribution in [0, 0.1) is 0 Å². The minimum Gasteiger partial charge on any atom is -0.353 e. The molecule has 0 aromatic rings. The van der Waals surface area contributed by atoms with Crippen LogP contribution in [0.3, 0.4) is 0 Å². The summed E-state index contributed by atoms with van der Waals surface area (Å²) in [6.45, 7) is 7.30. The van der Waals surface area contributed by atoms with Crippen LogP contribution in [0.25, 0.3) is 0 Å². The van der Waals surface area contributed by atoms with Crippen molar-refractivity contribution in [1.29, 1.82) is 0 Å². The standard InChI is InChI=1S/C15H26N4O2S/c20-14(12-22-10-9-17-4-1-2-5-17)19-8-7-18-6-3-16-15(21)13(18)11-19/h13H,1-12H2,(H,16,21)/t13-/m0/s1. The Morgan fingerprint density at radius 1 is 1.18 bits per heavy atom. The van der Waals surface area contributed by atoms with Crippen LogP contribution in [-0.2, 0) is 9.59 Å². The quantitative estimate of drug-likeness (QED) is 0.688. The van der Waals surface area contributed by atoms with E-state index < -0.39 is 0 Å². The lowest BCUT2D eigenvalue weighted by Crippen LogP contribution is -2.64. The Bertz CT molecular complexity index is 414. The van der Waals surface area contributed by atoms with Gasteiger partial charge in [0.05, 0.1) is 5.75 Å². The first kappa shape index (κ1) is 16.1. The van der Waals surface area contributed by atoms with Crippen molar-refractivity contribution in [2.45, 2.75) is 18.9 Å². The molecule has 0 radical (unpaired) electrons. The zero-order valence-electron chi connectivity index (χ0n) is 13.1. The van der Waals surface area contributed by atoms with Gasteiger partial charge in [-0.3, -0.25) is 14.5 Å². The molecular formula is C15H26N4O2S. The number of hydrogen-bond donors (Lipinski definition) is 1. The number of hydrogen-bond acceptors (Lipinski definition) is 5. The topological polar surface area (TPSA) is 55.9 Å². The molecule has 6 nitrogen and oxygen atoms in total. The third-order valence-electron chi connectivity index (χ3n) is 4.82. The monoisotopic (exact) mass is 326 g/mol. The Labute approximate surface area is 136 Å². The Hall–Kier alpha value is -0.790. The maximum atomic E-state index is 12.3. The minimum absolute atomic E-state index is 0.0745. The second-order valence-corrected chi connectivity index (χ2v) is 7.39. The lowest BCUT2D eigenvalue weighted by Gasteiger charge is -2.43. The summed E-state index contributed by atoms with van der Waals surface area (Å²) in [4.78, 5) is 30.8. The zero-order chi connectivity index (χ0) is 15.4. The SMILES string of the molecule is O=C1NCCN2CCN(C(=O)CSCCN3CCCC3)C[C@@H]12. The highest BCUT2D eigenvalue weighted by Crippen LogP contribution is 2.15. The van der Waals surface area contributed by atoms with Gasteiger partial charge in [-0.15, -0.1) is 0 Å². The van der Waals surface area contributed by atoms with E-state index in [1.54, 1.807) is 11.8 Å². The van der Waals surface area contributed by atoms with Gasteiger partial charge in [-0.05, 0) is 25.9 Å². The van der Waals surface area contributed by atoms with Gasteiger partial charge in [0.25, 0.3) is 0 Å². The van der Waals surface area contributed by atoms with Crippen LogP contribution in [0.1, 0.15) is 12.8 Å². The smallest absolute Gasteiger partial charge is 0.239 e. The molecule has 3 aliphatic rings. The molecule has 0 aliphatic carbocycles. The van der Waals surface area contributed by atoms with E-state index in [9.17, 15) is 9.59 Å². The maximum absolute atomic E-state index is 12.3. The molecule has 1 atom stereocenters. The van der Waals surface area contributed by atoms with Crippen molar-refractivity contribution in [3.8, 4) is 0 Å². The molecule has 0 saturated carbocycles. The summed E-state index contributed by atoms with van der Waals surface area (Å²) in [6, 6.07) is -0.138. The molecule has 3 saturated heterocycles. The van der Waals surface area contributed by atoms with Gasteiger partial charge in [0.2, 0.25) is 11.8 Å². The van der Waals surface area contributed by atoms with E-state index in [0.717, 1.165) is 38.5 Å². The van der Waals surface area contributed by atoms with E-state index in [1.165, 1.54) is 25.9 Å². The van der Waals surface area contributed by atoms with E-state index in [-0.39, 0.29) is 17.9 Å². The number of rotatable bonds is 5. The fourth-order valence-electron chi connectivity index (χ4n) is 3.45. The van der Waals surface area contributed by atoms with Crippen LogP contribution in [0.15, 0.2) is 0 Å². The lowest BCUT2D eigenvalue weighted by molar-refractivity contribution is -0.138. The average molecular weight is 326 g/mol. The van der Waals surface area contributed by atoms with Gasteiger partial charge in [-0.2, -0.15) is 11.8 Å². The summed E-state index contributed by atoms with van der Waals surface area (Å²) in [7, 11) is 0. The second-order valence-electron chi connectivity index (χ2n) is 6.28. The van der Waals surface area contributed by atoms with Crippen LogP contribution in [0.2, 0.25) is 0 Å². The van der Waals surface area contributed by atoms with Crippen molar-refractivity contribution < 1.29 is 9.59 Å². The molecule has 7 heteroatoms. The summed E-state index contributed by atoms with van der Waals surface area (Å²) < 4.78 is 0. The van der Waals surface area contributed by atoms with Crippen LogP contribution in [0.4, 0.5) is 0 Å². The van der Waals surface area contributed by atoms with Crippen molar-refractivity contribution in [2.24, 2.45) is 0 Å². The van der Waals surface area contributed by atoms with Gasteiger partial charge in [-0.1, -0.05) is 0 Å². The predicted molar refractivity (Wildman–Crippen MR) is 87.9 cm³/mol. The summed E-state index contributed by atoms with van der Waals surface area (Å²) in [5.74, 6) is 1.83. The average Bonchev–Trinajstić information content (AvgIpc) is 3.05. The van der Waals surface area contributed by atoms with Gasteiger partial charge < -0.3 is 15.1 Å². The first-order chi connectivity index (χ1) is 10.7. The van der Waals surface area contributed by atoms with Gasteiger partial charge in [0.1, 0.15) is 6.04 Å². The van der Waals surface area contributed by atoms with E-state index in [0.29, 0.717) is 12.3 Å². The van der Waals surface area contributed by atoms with Gasteiger partial charge in [0, 0.05) is 45.0 Å². The minimum atomic E-state index is -0.138. The van der Waals surface area contributed by atoms with E-state index in [2.05, 4.69) is 15.1 Å². The number of nitrogens with one attached hydrogen (secondary N) is 1. The molecule has 3 fully saturated rings. The number of likely N-dealkylation sites (tertiary alicyclic amines) is 1. The predicted octanol–water partition coefficient (Wildman–Crippen LogP) is -0.542. The number of carbonyl (C=O) groups excluding carboxylic acids is 2. The highest BCUT2D eigenvalue weighted by molar-refractivity contribution is 7.99. The molecule has 3 aliphatic heterocycles. The largest absolute Gasteiger partial charge is 0.353 e. The van der Waals surface area contributed by atoms with E-state index in [1.807, 2.05) is 4.90 Å². The van der Waals surface area contributed by atoms with E-state index in [4.69, 9.17) is 0 Å². The van der Waals surface area contributed by atoms with Crippen LogP contribution in [-0.4, -0.2) is 96.4 Å². The molecule has 0 aromatic heterocycles. The Morgan fingerprint density at radius 2 is 2.00 bits per heavy atom. The molecule has 3 rings (SSSR count). The molecule has 0 unspecified atom stereocenters. The Kier molecular flexibility index (Phi) is 5.60. The number of amides is 2. The Balaban J connectivity index is 1.37. The van der Waals surface area contributed by atoms with Gasteiger partial charge in [-0.25, -0.2) is 0 Å². The molecule has 0 aromatic carbocycles. The zero-order valence-corrected chi connectivity index (χ0v) is 13.9. The first-order valence-electron chi connectivity index (χ1n) is 8.34. The molecule has 22 heavy (non-hydrogen) atoms. The molecule has 0 bridgehead atoms. The number of carbonyl (C=O) groups is 2. The van der Waals surface area contributed by atoms with Gasteiger partial charge in [0.15, 0.2) is 0 Å². The number of fused-ring (bicyclic) bond motifs is 1. The number of thioether (sulfide) groups is 1. The summed E-state index contributed by atoms with van der Waals surface area (Å²) in [6.07, 6.45) is 2.63. The van der Waals surface area contributed by atoms with Crippen molar-refractivity contribution in [1.82, 2.24) is 20.0 Å². The number of nitrogens with zero attached hydrogens (tertiary/aromatic N) is 3. The van der Waals surface area contributed by atoms with Crippen LogP contribution in [0.5, 0.6) is 0 Å². The van der Waals surface area contributed by atoms with Crippen LogP contribution < -0.4 is 5.32 Å². The van der Waals surface area contributed by atoms with Crippen LogP contribution >= 0.6 is 11.8 Å². The second kappa shape index (κ2) is 7.66. The third kappa shape index (κ3) is 3.94. The van der Waals surface area contributed by atoms with Crippen molar-refractivity contribution >= 4 is 23.6 Å². The normalized spacial score (nSPS) is 26.8. The van der Waals surface area contributed by atoms with E-state index >= 15 is 0 Å². The fourth-order valence-corrected chi connectivity index (χ4v) is 4.34. The summed E-state index contributed by atoms with van der Waals surface area (Å²) in [5, 5.41) is 2.89. The molecule has 3 heterocycles.